The molecule has 28 heavy (non-hydrogen) atoms. The van der Waals surface area contributed by atoms with E-state index in [1.54, 1.807) is 12.1 Å². The lowest BCUT2D eigenvalue weighted by molar-refractivity contribution is -0.137. The first-order valence-electron chi connectivity index (χ1n) is 8.10. The number of furan rings is 1. The zero-order valence-electron chi connectivity index (χ0n) is 14.4. The van der Waals surface area contributed by atoms with Gasteiger partial charge in [-0.25, -0.2) is 12.8 Å². The first kappa shape index (κ1) is 20.1. The minimum atomic E-state index is -4.68. The van der Waals surface area contributed by atoms with Crippen molar-refractivity contribution in [2.75, 3.05) is 0 Å². The van der Waals surface area contributed by atoms with Gasteiger partial charge in [-0.3, -0.25) is 0 Å². The predicted octanol–water partition coefficient (Wildman–Crippen LogP) is 4.83. The van der Waals surface area contributed by atoms with Gasteiger partial charge in [0.15, 0.2) is 0 Å². The van der Waals surface area contributed by atoms with Crippen molar-refractivity contribution < 1.29 is 30.4 Å². The Labute approximate surface area is 159 Å². The maximum Gasteiger partial charge on any atom is 0.416 e. The number of benzene rings is 2. The van der Waals surface area contributed by atoms with E-state index in [0.717, 1.165) is 28.6 Å². The summed E-state index contributed by atoms with van der Waals surface area (Å²) in [4.78, 5) is -0.509. The Morgan fingerprint density at radius 1 is 0.929 bits per heavy atom. The molecule has 1 heterocycles. The van der Waals surface area contributed by atoms with E-state index in [1.807, 2.05) is 0 Å². The van der Waals surface area contributed by atoms with Gasteiger partial charge in [0.25, 0.3) is 0 Å². The van der Waals surface area contributed by atoms with E-state index in [2.05, 4.69) is 0 Å². The third-order valence-corrected chi connectivity index (χ3v) is 5.75. The number of hydrogen-bond donors (Lipinski definition) is 0. The summed E-state index contributed by atoms with van der Waals surface area (Å²) in [6.07, 6.45) is -3.33. The summed E-state index contributed by atoms with van der Waals surface area (Å²) in [5.74, 6) is -0.251. The van der Waals surface area contributed by atoms with E-state index in [0.29, 0.717) is 17.4 Å². The van der Waals surface area contributed by atoms with Crippen molar-refractivity contribution in [1.29, 1.82) is 0 Å². The third kappa shape index (κ3) is 4.60. The van der Waals surface area contributed by atoms with Crippen LogP contribution in [0.15, 0.2) is 76.2 Å². The fraction of sp³-hybridized carbons (Fsp3) is 0.158. The number of nitrogens with zero attached hydrogens (tertiary/aromatic N) is 1. The molecule has 0 saturated heterocycles. The first-order valence-corrected chi connectivity index (χ1v) is 9.54. The zero-order valence-corrected chi connectivity index (χ0v) is 15.2. The molecule has 0 aliphatic heterocycles. The second-order valence-corrected chi connectivity index (χ2v) is 7.95. The van der Waals surface area contributed by atoms with Crippen LogP contribution in [0.4, 0.5) is 17.6 Å². The molecule has 0 aliphatic carbocycles. The van der Waals surface area contributed by atoms with Crippen molar-refractivity contribution in [2.24, 2.45) is 0 Å². The molecule has 1 aromatic heterocycles. The van der Waals surface area contributed by atoms with Gasteiger partial charge in [-0.15, -0.1) is 0 Å². The van der Waals surface area contributed by atoms with Crippen LogP contribution in [0.3, 0.4) is 0 Å². The fourth-order valence-corrected chi connectivity index (χ4v) is 4.06. The van der Waals surface area contributed by atoms with Gasteiger partial charge in [0.1, 0.15) is 11.6 Å². The summed E-state index contributed by atoms with van der Waals surface area (Å²) in [6, 6.07) is 11.9. The lowest BCUT2D eigenvalue weighted by Gasteiger charge is -2.22. The van der Waals surface area contributed by atoms with Crippen LogP contribution in [0.5, 0.6) is 0 Å². The zero-order chi connectivity index (χ0) is 20.4. The van der Waals surface area contributed by atoms with Gasteiger partial charge in [-0.05, 0) is 48.0 Å². The average molecular weight is 413 g/mol. The summed E-state index contributed by atoms with van der Waals surface area (Å²) < 4.78 is 84.7. The summed E-state index contributed by atoms with van der Waals surface area (Å²) in [6.45, 7) is -0.459. The van der Waals surface area contributed by atoms with Crippen LogP contribution in [0.25, 0.3) is 0 Å². The molecule has 0 spiro atoms. The summed E-state index contributed by atoms with van der Waals surface area (Å²) in [5.41, 5.74) is -0.723. The molecule has 3 rings (SSSR count). The highest BCUT2D eigenvalue weighted by Crippen LogP contribution is 2.31. The van der Waals surface area contributed by atoms with Gasteiger partial charge in [0, 0.05) is 6.54 Å². The monoisotopic (exact) mass is 413 g/mol. The maximum absolute atomic E-state index is 13.5. The van der Waals surface area contributed by atoms with Crippen LogP contribution in [-0.2, 0) is 29.3 Å². The number of halogens is 4. The molecule has 4 nitrogen and oxygen atoms in total. The Bertz CT molecular complexity index is 1050. The largest absolute Gasteiger partial charge is 0.468 e. The van der Waals surface area contributed by atoms with Crippen molar-refractivity contribution in [3.8, 4) is 0 Å². The second-order valence-electron chi connectivity index (χ2n) is 6.01. The molecule has 0 unspecified atom stereocenters. The van der Waals surface area contributed by atoms with Gasteiger partial charge in [-0.2, -0.15) is 17.5 Å². The molecule has 0 amide bonds. The van der Waals surface area contributed by atoms with E-state index in [4.69, 9.17) is 4.42 Å². The maximum atomic E-state index is 13.5. The van der Waals surface area contributed by atoms with Crippen molar-refractivity contribution in [3.63, 3.8) is 0 Å². The van der Waals surface area contributed by atoms with Crippen LogP contribution in [0, 0.1) is 5.82 Å². The molecule has 0 aliphatic rings. The molecule has 9 heteroatoms. The summed E-state index contributed by atoms with van der Waals surface area (Å²) >= 11 is 0. The van der Waals surface area contributed by atoms with E-state index < -0.39 is 32.5 Å². The fourth-order valence-electron chi connectivity index (χ4n) is 2.62. The molecule has 148 valence electrons. The summed E-state index contributed by atoms with van der Waals surface area (Å²) in [5, 5.41) is 0. The molecule has 3 aromatic rings. The lowest BCUT2D eigenvalue weighted by Crippen LogP contribution is -2.30. The van der Waals surface area contributed by atoms with Crippen molar-refractivity contribution in [2.45, 2.75) is 24.2 Å². The Balaban J connectivity index is 2.00. The van der Waals surface area contributed by atoms with E-state index in [1.165, 1.54) is 24.5 Å². The van der Waals surface area contributed by atoms with Crippen LogP contribution >= 0.6 is 0 Å². The van der Waals surface area contributed by atoms with Crippen molar-refractivity contribution in [3.05, 3.63) is 89.6 Å². The normalized spacial score (nSPS) is 12.5. The summed E-state index contributed by atoms with van der Waals surface area (Å²) in [7, 11) is -4.32. The highest BCUT2D eigenvalue weighted by atomic mass is 32.2. The number of hydrogen-bond acceptors (Lipinski definition) is 3. The standard InChI is InChI=1S/C19H15F4NO3S/c20-16-6-1-4-14(10-16)12-24(13-17-7-3-9-27-17)28(25,26)18-8-2-5-15(11-18)19(21,22)23/h1-11H,12-13H2. The van der Waals surface area contributed by atoms with Gasteiger partial charge < -0.3 is 4.42 Å². The van der Waals surface area contributed by atoms with Crippen molar-refractivity contribution >= 4 is 10.0 Å². The Hall–Kier alpha value is -2.65. The Kier molecular flexibility index (Phi) is 5.57. The van der Waals surface area contributed by atoms with Crippen LogP contribution in [0.2, 0.25) is 0 Å². The number of rotatable bonds is 6. The van der Waals surface area contributed by atoms with Gasteiger partial charge in [-0.1, -0.05) is 18.2 Å². The lowest BCUT2D eigenvalue weighted by atomic mass is 10.2. The van der Waals surface area contributed by atoms with Gasteiger partial charge in [0.05, 0.1) is 23.3 Å². The topological polar surface area (TPSA) is 50.5 Å². The second kappa shape index (κ2) is 7.76. The molecule has 0 fully saturated rings. The van der Waals surface area contributed by atoms with E-state index in [9.17, 15) is 26.0 Å². The Morgan fingerprint density at radius 2 is 1.68 bits per heavy atom. The molecular weight excluding hydrogens is 398 g/mol. The predicted molar refractivity (Wildman–Crippen MR) is 93.0 cm³/mol. The van der Waals surface area contributed by atoms with Gasteiger partial charge in [0.2, 0.25) is 10.0 Å². The molecule has 0 N–H and O–H groups in total. The number of alkyl halides is 3. The quantitative estimate of drug-likeness (QED) is 0.544. The molecule has 2 aromatic carbocycles. The molecule has 0 radical (unpaired) electrons. The third-order valence-electron chi connectivity index (χ3n) is 3.96. The molecule has 0 atom stereocenters. The average Bonchev–Trinajstić information content (AvgIpc) is 3.14. The number of sulfonamides is 1. The Morgan fingerprint density at radius 3 is 2.32 bits per heavy atom. The van der Waals surface area contributed by atoms with Crippen molar-refractivity contribution in [1.82, 2.24) is 4.31 Å². The van der Waals surface area contributed by atoms with Crippen LogP contribution < -0.4 is 0 Å². The highest BCUT2D eigenvalue weighted by Gasteiger charge is 2.33. The van der Waals surface area contributed by atoms with E-state index >= 15 is 0 Å². The van der Waals surface area contributed by atoms with E-state index in [-0.39, 0.29) is 13.1 Å². The molecule has 0 saturated carbocycles. The minimum Gasteiger partial charge on any atom is -0.468 e. The van der Waals surface area contributed by atoms with Crippen LogP contribution in [0.1, 0.15) is 16.9 Å². The van der Waals surface area contributed by atoms with Gasteiger partial charge >= 0.3 is 6.18 Å². The molecule has 0 bridgehead atoms. The smallest absolute Gasteiger partial charge is 0.416 e. The first-order chi connectivity index (χ1) is 13.2. The SMILES string of the molecule is O=S(=O)(c1cccc(C(F)(F)F)c1)N(Cc1cccc(F)c1)Cc1ccco1. The minimum absolute atomic E-state index is 0.220. The molecular formula is C19H15F4NO3S. The van der Waals surface area contributed by atoms with Crippen LogP contribution in [-0.4, -0.2) is 12.7 Å². The highest BCUT2D eigenvalue weighted by molar-refractivity contribution is 7.89.